The Hall–Kier alpha value is -1.16. The molecule has 0 amide bonds. The molecule has 0 N–H and O–H groups in total. The van der Waals surface area contributed by atoms with Gasteiger partial charge in [-0.3, -0.25) is 9.00 Å². The molecular weight excluding hydrogens is 236 g/mol. The minimum Gasteiger partial charge on any atom is -0.462 e. The number of hydrogen-bond donors (Lipinski definition) is 0. The van der Waals surface area contributed by atoms with Crippen molar-refractivity contribution in [2.45, 2.75) is 32.6 Å². The summed E-state index contributed by atoms with van der Waals surface area (Å²) in [5.41, 5.74) is 2.12. The fourth-order valence-electron chi connectivity index (χ4n) is 1.47. The lowest BCUT2D eigenvalue weighted by molar-refractivity contribution is -0.144. The van der Waals surface area contributed by atoms with Crippen LogP contribution in [-0.2, 0) is 26.1 Å². The first-order valence-corrected chi connectivity index (χ1v) is 7.06. The van der Waals surface area contributed by atoms with Crippen LogP contribution < -0.4 is 0 Å². The van der Waals surface area contributed by atoms with E-state index < -0.39 is 16.8 Å². The highest BCUT2D eigenvalue weighted by molar-refractivity contribution is 7.84. The number of ether oxygens (including phenoxy) is 1. The van der Waals surface area contributed by atoms with E-state index in [1.54, 1.807) is 13.8 Å². The number of hydrogen-bond acceptors (Lipinski definition) is 3. The van der Waals surface area contributed by atoms with E-state index in [4.69, 9.17) is 4.74 Å². The van der Waals surface area contributed by atoms with Crippen molar-refractivity contribution in [3.8, 4) is 0 Å². The van der Waals surface area contributed by atoms with E-state index in [0.29, 0.717) is 5.75 Å². The summed E-state index contributed by atoms with van der Waals surface area (Å²) in [5, 5.41) is 0. The van der Waals surface area contributed by atoms with Crippen LogP contribution >= 0.6 is 0 Å². The molecule has 1 atom stereocenters. The third kappa shape index (κ3) is 5.63. The smallest absolute Gasteiger partial charge is 0.318 e. The second kappa shape index (κ2) is 6.55. The maximum Gasteiger partial charge on any atom is 0.318 e. The molecule has 0 saturated heterocycles. The van der Waals surface area contributed by atoms with Gasteiger partial charge < -0.3 is 4.74 Å². The van der Waals surface area contributed by atoms with Crippen LogP contribution in [0.15, 0.2) is 24.3 Å². The zero-order valence-electron chi connectivity index (χ0n) is 10.4. The van der Waals surface area contributed by atoms with Gasteiger partial charge in [0.15, 0.2) is 0 Å². The SMILES string of the molecule is Cc1cccc(CS(=O)CC(=O)OC(C)C)c1. The van der Waals surface area contributed by atoms with Crippen LogP contribution in [0.4, 0.5) is 0 Å². The van der Waals surface area contributed by atoms with Gasteiger partial charge in [-0.25, -0.2) is 0 Å². The van der Waals surface area contributed by atoms with Crippen LogP contribution in [0, 0.1) is 6.92 Å². The van der Waals surface area contributed by atoms with Crippen LogP contribution in [0.1, 0.15) is 25.0 Å². The van der Waals surface area contributed by atoms with E-state index in [9.17, 15) is 9.00 Å². The topological polar surface area (TPSA) is 43.4 Å². The summed E-state index contributed by atoms with van der Waals surface area (Å²) in [5.74, 6) is -0.0351. The first-order chi connectivity index (χ1) is 7.97. The second-order valence-electron chi connectivity index (χ2n) is 4.26. The maximum absolute atomic E-state index is 11.7. The lowest BCUT2D eigenvalue weighted by atomic mass is 10.2. The van der Waals surface area contributed by atoms with Gasteiger partial charge in [0.1, 0.15) is 5.75 Å². The van der Waals surface area contributed by atoms with E-state index in [1.807, 2.05) is 31.2 Å². The van der Waals surface area contributed by atoms with Crippen molar-refractivity contribution in [1.29, 1.82) is 0 Å². The molecule has 0 spiro atoms. The fourth-order valence-corrected chi connectivity index (χ4v) is 2.45. The summed E-state index contributed by atoms with van der Waals surface area (Å²) in [6, 6.07) is 7.80. The highest BCUT2D eigenvalue weighted by atomic mass is 32.2. The molecule has 3 nitrogen and oxygen atoms in total. The fraction of sp³-hybridized carbons (Fsp3) is 0.462. The molecule has 0 saturated carbocycles. The molecule has 0 aromatic heterocycles. The molecule has 1 aromatic rings. The Bertz CT molecular complexity index is 413. The van der Waals surface area contributed by atoms with Crippen molar-refractivity contribution in [3.63, 3.8) is 0 Å². The molecular formula is C13H18O3S. The van der Waals surface area contributed by atoms with Gasteiger partial charge in [-0.1, -0.05) is 29.8 Å². The normalized spacial score (nSPS) is 12.5. The van der Waals surface area contributed by atoms with Crippen LogP contribution in [0.2, 0.25) is 0 Å². The molecule has 1 unspecified atom stereocenters. The number of carbonyl (C=O) groups is 1. The first-order valence-electron chi connectivity index (χ1n) is 5.57. The van der Waals surface area contributed by atoms with Crippen molar-refractivity contribution in [3.05, 3.63) is 35.4 Å². The molecule has 0 heterocycles. The lowest BCUT2D eigenvalue weighted by Gasteiger charge is -2.07. The molecule has 0 bridgehead atoms. The molecule has 4 heteroatoms. The van der Waals surface area contributed by atoms with Crippen molar-refractivity contribution in [1.82, 2.24) is 0 Å². The van der Waals surface area contributed by atoms with Gasteiger partial charge in [-0.2, -0.15) is 0 Å². The second-order valence-corrected chi connectivity index (χ2v) is 5.71. The van der Waals surface area contributed by atoms with E-state index >= 15 is 0 Å². The summed E-state index contributed by atoms with van der Waals surface area (Å²) >= 11 is 0. The number of benzene rings is 1. The van der Waals surface area contributed by atoms with Crippen molar-refractivity contribution >= 4 is 16.8 Å². The summed E-state index contributed by atoms with van der Waals surface area (Å²) in [6.07, 6.45) is -0.154. The van der Waals surface area contributed by atoms with Crippen molar-refractivity contribution in [2.24, 2.45) is 0 Å². The Labute approximate surface area is 105 Å². The molecule has 17 heavy (non-hydrogen) atoms. The number of carbonyl (C=O) groups excluding carboxylic acids is 1. The molecule has 0 radical (unpaired) electrons. The van der Waals surface area contributed by atoms with Crippen molar-refractivity contribution in [2.75, 3.05) is 5.75 Å². The summed E-state index contributed by atoms with van der Waals surface area (Å²) in [7, 11) is -1.20. The Balaban J connectivity index is 2.47. The van der Waals surface area contributed by atoms with E-state index in [1.165, 1.54) is 0 Å². The van der Waals surface area contributed by atoms with Gasteiger partial charge in [-0.05, 0) is 26.3 Å². The highest BCUT2D eigenvalue weighted by Crippen LogP contribution is 2.07. The minimum atomic E-state index is -1.20. The largest absolute Gasteiger partial charge is 0.462 e. The molecule has 0 fully saturated rings. The van der Waals surface area contributed by atoms with Gasteiger partial charge in [0.05, 0.1) is 6.10 Å². The Morgan fingerprint density at radius 3 is 2.71 bits per heavy atom. The van der Waals surface area contributed by atoms with Gasteiger partial charge in [0.25, 0.3) is 0 Å². The molecule has 0 aliphatic carbocycles. The third-order valence-corrected chi connectivity index (χ3v) is 3.27. The minimum absolute atomic E-state index is 0.0356. The molecule has 0 aliphatic rings. The average Bonchev–Trinajstić information content (AvgIpc) is 2.14. The van der Waals surface area contributed by atoms with Gasteiger partial charge in [0, 0.05) is 16.6 Å². The average molecular weight is 254 g/mol. The monoisotopic (exact) mass is 254 g/mol. The summed E-state index contributed by atoms with van der Waals surface area (Å²) in [4.78, 5) is 11.3. The number of aryl methyl sites for hydroxylation is 1. The zero-order valence-corrected chi connectivity index (χ0v) is 11.3. The first kappa shape index (κ1) is 13.9. The predicted octanol–water partition coefficient (Wildman–Crippen LogP) is 2.20. The number of esters is 1. The van der Waals surface area contributed by atoms with Gasteiger partial charge in [-0.15, -0.1) is 0 Å². The summed E-state index contributed by atoms with van der Waals surface area (Å²) in [6.45, 7) is 5.54. The van der Waals surface area contributed by atoms with E-state index in [2.05, 4.69) is 0 Å². The zero-order chi connectivity index (χ0) is 12.8. The Kier molecular flexibility index (Phi) is 5.35. The van der Waals surface area contributed by atoms with Crippen LogP contribution in [0.5, 0.6) is 0 Å². The lowest BCUT2D eigenvalue weighted by Crippen LogP contribution is -2.18. The van der Waals surface area contributed by atoms with Crippen LogP contribution in [0.25, 0.3) is 0 Å². The summed E-state index contributed by atoms with van der Waals surface area (Å²) < 4.78 is 16.7. The third-order valence-electron chi connectivity index (χ3n) is 2.06. The highest BCUT2D eigenvalue weighted by Gasteiger charge is 2.11. The van der Waals surface area contributed by atoms with Gasteiger partial charge >= 0.3 is 5.97 Å². The van der Waals surface area contributed by atoms with E-state index in [0.717, 1.165) is 11.1 Å². The standard InChI is InChI=1S/C13H18O3S/c1-10(2)16-13(14)9-17(15)8-12-6-4-5-11(3)7-12/h4-7,10H,8-9H2,1-3H3. The molecule has 94 valence electrons. The van der Waals surface area contributed by atoms with Gasteiger partial charge in [0.2, 0.25) is 0 Å². The maximum atomic E-state index is 11.7. The molecule has 0 aliphatic heterocycles. The van der Waals surface area contributed by atoms with Crippen LogP contribution in [0.3, 0.4) is 0 Å². The molecule has 1 rings (SSSR count). The molecule has 1 aromatic carbocycles. The quantitative estimate of drug-likeness (QED) is 0.757. The number of rotatable bonds is 5. The Morgan fingerprint density at radius 1 is 1.41 bits per heavy atom. The Morgan fingerprint density at radius 2 is 2.12 bits per heavy atom. The van der Waals surface area contributed by atoms with E-state index in [-0.39, 0.29) is 11.9 Å². The predicted molar refractivity (Wildman–Crippen MR) is 69.1 cm³/mol. The van der Waals surface area contributed by atoms with Crippen molar-refractivity contribution < 1.29 is 13.7 Å². The van der Waals surface area contributed by atoms with Crippen LogP contribution in [-0.4, -0.2) is 22.0 Å².